The molecule has 0 saturated carbocycles. The second kappa shape index (κ2) is 2.87. The number of aromatic nitrogens is 1. The summed E-state index contributed by atoms with van der Waals surface area (Å²) >= 11 is 4.16. The highest BCUT2D eigenvalue weighted by molar-refractivity contribution is 7.83. The van der Waals surface area contributed by atoms with Gasteiger partial charge in [0.1, 0.15) is 0 Å². The van der Waals surface area contributed by atoms with Gasteiger partial charge in [0.25, 0.3) is 0 Å². The minimum absolute atomic E-state index is 1.00. The fraction of sp³-hybridized carbons (Fsp3) is 0.143. The van der Waals surface area contributed by atoms with E-state index in [0.29, 0.717) is 0 Å². The molecule has 0 spiro atoms. The normalized spacial score (nSPS) is 10.1. The summed E-state index contributed by atoms with van der Waals surface area (Å²) in [5.41, 5.74) is 1.08. The maximum atomic E-state index is 4.16. The van der Waals surface area contributed by atoms with E-state index in [1.807, 2.05) is 19.1 Å². The Morgan fingerprint density at radius 3 is 2.78 bits per heavy atom. The molecular weight excluding hydrogens is 130 g/mol. The van der Waals surface area contributed by atoms with E-state index < -0.39 is 0 Å². The van der Waals surface area contributed by atoms with E-state index in [1.54, 1.807) is 12.4 Å². The number of thiol groups is 1. The van der Waals surface area contributed by atoms with Crippen LogP contribution in [0.3, 0.4) is 0 Å². The van der Waals surface area contributed by atoms with Crippen LogP contribution in [0.2, 0.25) is 0 Å². The SMILES string of the molecule is C[C](S)c1cccnc1. The van der Waals surface area contributed by atoms with Gasteiger partial charge >= 0.3 is 0 Å². The van der Waals surface area contributed by atoms with Crippen molar-refractivity contribution < 1.29 is 0 Å². The minimum atomic E-state index is 1.00. The van der Waals surface area contributed by atoms with Gasteiger partial charge in [-0.05, 0) is 18.6 Å². The van der Waals surface area contributed by atoms with Crippen LogP contribution in [-0.4, -0.2) is 4.98 Å². The van der Waals surface area contributed by atoms with Crippen LogP contribution in [0.1, 0.15) is 12.5 Å². The molecule has 1 rings (SSSR count). The highest BCUT2D eigenvalue weighted by atomic mass is 32.1. The van der Waals surface area contributed by atoms with Gasteiger partial charge in [-0.3, -0.25) is 4.98 Å². The lowest BCUT2D eigenvalue weighted by atomic mass is 10.2. The van der Waals surface area contributed by atoms with Gasteiger partial charge in [0.2, 0.25) is 0 Å². The Bertz CT molecular complexity index is 172. The highest BCUT2D eigenvalue weighted by Crippen LogP contribution is 2.14. The summed E-state index contributed by atoms with van der Waals surface area (Å²) < 4.78 is 0. The quantitative estimate of drug-likeness (QED) is 0.585. The monoisotopic (exact) mass is 138 g/mol. The first-order valence-electron chi connectivity index (χ1n) is 2.73. The van der Waals surface area contributed by atoms with Crippen LogP contribution in [-0.2, 0) is 0 Å². The molecule has 1 aromatic rings. The summed E-state index contributed by atoms with van der Waals surface area (Å²) in [6.45, 7) is 1.94. The van der Waals surface area contributed by atoms with Crippen LogP contribution >= 0.6 is 12.6 Å². The van der Waals surface area contributed by atoms with Crippen molar-refractivity contribution in [2.75, 3.05) is 0 Å². The van der Waals surface area contributed by atoms with Crippen molar-refractivity contribution in [3.05, 3.63) is 35.3 Å². The van der Waals surface area contributed by atoms with Crippen LogP contribution < -0.4 is 0 Å². The summed E-state index contributed by atoms with van der Waals surface area (Å²) in [4.78, 5) is 3.94. The van der Waals surface area contributed by atoms with Gasteiger partial charge in [-0.2, -0.15) is 12.6 Å². The van der Waals surface area contributed by atoms with Gasteiger partial charge in [-0.25, -0.2) is 0 Å². The number of rotatable bonds is 1. The Balaban J connectivity index is 2.85. The van der Waals surface area contributed by atoms with Crippen molar-refractivity contribution in [1.29, 1.82) is 0 Å². The van der Waals surface area contributed by atoms with Gasteiger partial charge in [-0.1, -0.05) is 6.07 Å². The first kappa shape index (κ1) is 6.62. The average molecular weight is 138 g/mol. The molecule has 0 N–H and O–H groups in total. The zero-order valence-corrected chi connectivity index (χ0v) is 6.10. The Kier molecular flexibility index (Phi) is 2.11. The smallest absolute Gasteiger partial charge is 0.0547 e. The van der Waals surface area contributed by atoms with Crippen molar-refractivity contribution in [2.24, 2.45) is 0 Å². The van der Waals surface area contributed by atoms with Crippen LogP contribution in [0.4, 0.5) is 0 Å². The molecule has 0 atom stereocenters. The predicted octanol–water partition coefficient (Wildman–Crippen LogP) is 1.91. The molecule has 0 aromatic carbocycles. The fourth-order valence-corrected chi connectivity index (χ4v) is 0.709. The number of pyridine rings is 1. The molecule has 0 saturated heterocycles. The van der Waals surface area contributed by atoms with Gasteiger partial charge < -0.3 is 0 Å². The Labute approximate surface area is 60.5 Å². The second-order valence-corrected chi connectivity index (χ2v) is 2.50. The van der Waals surface area contributed by atoms with E-state index in [4.69, 9.17) is 0 Å². The molecule has 1 radical (unpaired) electrons. The zero-order valence-electron chi connectivity index (χ0n) is 5.20. The fourth-order valence-electron chi connectivity index (χ4n) is 0.577. The molecule has 1 nitrogen and oxygen atoms in total. The molecule has 1 heterocycles. The molecule has 0 aliphatic heterocycles. The van der Waals surface area contributed by atoms with Gasteiger partial charge in [0, 0.05) is 12.4 Å². The summed E-state index contributed by atoms with van der Waals surface area (Å²) in [7, 11) is 0. The first-order chi connectivity index (χ1) is 4.30. The van der Waals surface area contributed by atoms with Crippen molar-refractivity contribution in [3.63, 3.8) is 0 Å². The maximum absolute atomic E-state index is 4.16. The molecule has 0 aliphatic carbocycles. The van der Waals surface area contributed by atoms with E-state index >= 15 is 0 Å². The molecule has 0 aliphatic rings. The number of hydrogen-bond acceptors (Lipinski definition) is 2. The van der Waals surface area contributed by atoms with Crippen molar-refractivity contribution in [2.45, 2.75) is 6.92 Å². The van der Waals surface area contributed by atoms with E-state index in [0.717, 1.165) is 10.8 Å². The third kappa shape index (κ3) is 1.72. The van der Waals surface area contributed by atoms with Crippen LogP contribution in [0.25, 0.3) is 0 Å². The summed E-state index contributed by atoms with van der Waals surface area (Å²) in [6.07, 6.45) is 3.54. The topological polar surface area (TPSA) is 12.9 Å². The molecular formula is C7H8NS. The zero-order chi connectivity index (χ0) is 6.69. The Morgan fingerprint density at radius 1 is 1.67 bits per heavy atom. The molecule has 0 bridgehead atoms. The molecule has 1 aromatic heterocycles. The largest absolute Gasteiger partial charge is 0.264 e. The van der Waals surface area contributed by atoms with E-state index in [9.17, 15) is 0 Å². The molecule has 47 valence electrons. The molecule has 0 fully saturated rings. The van der Waals surface area contributed by atoms with E-state index in [-0.39, 0.29) is 0 Å². The third-order valence-corrected chi connectivity index (χ3v) is 1.34. The Hall–Kier alpha value is -0.500. The lowest BCUT2D eigenvalue weighted by Crippen LogP contribution is -1.84. The van der Waals surface area contributed by atoms with Crippen LogP contribution in [0.5, 0.6) is 0 Å². The van der Waals surface area contributed by atoms with Crippen molar-refractivity contribution in [1.82, 2.24) is 4.98 Å². The molecule has 0 unspecified atom stereocenters. The second-order valence-electron chi connectivity index (χ2n) is 1.83. The molecule has 0 amide bonds. The summed E-state index contributed by atoms with van der Waals surface area (Å²) in [5.74, 6) is 0. The lowest BCUT2D eigenvalue weighted by Gasteiger charge is -1.99. The Morgan fingerprint density at radius 2 is 2.44 bits per heavy atom. The summed E-state index contributed by atoms with van der Waals surface area (Å²) in [5, 5.41) is 1.00. The van der Waals surface area contributed by atoms with Crippen molar-refractivity contribution in [3.8, 4) is 0 Å². The molecule has 2 heteroatoms. The predicted molar refractivity (Wildman–Crippen MR) is 41.2 cm³/mol. The maximum Gasteiger partial charge on any atom is 0.0547 e. The van der Waals surface area contributed by atoms with Crippen LogP contribution in [0, 0.1) is 5.25 Å². The summed E-state index contributed by atoms with van der Waals surface area (Å²) in [6, 6.07) is 3.88. The van der Waals surface area contributed by atoms with E-state index in [1.165, 1.54) is 0 Å². The standard InChI is InChI=1S/C7H8NS/c1-6(9)7-3-2-4-8-5-7/h2-5,9H,1H3. The number of nitrogens with zero attached hydrogens (tertiary/aromatic N) is 1. The highest BCUT2D eigenvalue weighted by Gasteiger charge is 1.96. The van der Waals surface area contributed by atoms with Gasteiger partial charge in [-0.15, -0.1) is 0 Å². The number of hydrogen-bond donors (Lipinski definition) is 1. The lowest BCUT2D eigenvalue weighted by molar-refractivity contribution is 1.25. The minimum Gasteiger partial charge on any atom is -0.264 e. The van der Waals surface area contributed by atoms with E-state index in [2.05, 4.69) is 17.6 Å². The van der Waals surface area contributed by atoms with Crippen LogP contribution in [0.15, 0.2) is 24.5 Å². The van der Waals surface area contributed by atoms with Crippen molar-refractivity contribution >= 4 is 12.6 Å². The first-order valence-corrected chi connectivity index (χ1v) is 3.18. The van der Waals surface area contributed by atoms with Gasteiger partial charge in [0.15, 0.2) is 0 Å². The third-order valence-electron chi connectivity index (χ3n) is 1.08. The molecule has 9 heavy (non-hydrogen) atoms. The van der Waals surface area contributed by atoms with Gasteiger partial charge in [0.05, 0.1) is 5.25 Å². The average Bonchev–Trinajstić information content (AvgIpc) is 1.90.